The molecule has 0 radical (unpaired) electrons. The van der Waals surface area contributed by atoms with Gasteiger partial charge in [-0.05, 0) is 48.9 Å². The molecule has 20 heavy (non-hydrogen) atoms. The van der Waals surface area contributed by atoms with Crippen LogP contribution in [-0.4, -0.2) is 25.8 Å². The Morgan fingerprint density at radius 3 is 2.30 bits per heavy atom. The van der Waals surface area contributed by atoms with E-state index in [9.17, 15) is 8.42 Å². The van der Waals surface area contributed by atoms with Crippen LogP contribution in [-0.2, 0) is 10.0 Å². The summed E-state index contributed by atoms with van der Waals surface area (Å²) in [5.74, 6) is 0.182. The van der Waals surface area contributed by atoms with Crippen molar-refractivity contribution >= 4 is 26.0 Å². The van der Waals surface area contributed by atoms with Crippen molar-refractivity contribution in [2.75, 3.05) is 13.1 Å². The largest absolute Gasteiger partial charge is 0.243 e. The fourth-order valence-electron chi connectivity index (χ4n) is 2.59. The topological polar surface area (TPSA) is 37.4 Å². The van der Waals surface area contributed by atoms with Gasteiger partial charge in [-0.1, -0.05) is 36.2 Å². The van der Waals surface area contributed by atoms with E-state index in [1.807, 2.05) is 32.9 Å². The minimum absolute atomic E-state index is 0.182. The highest BCUT2D eigenvalue weighted by Crippen LogP contribution is 2.32. The number of nitrogens with zero attached hydrogens (tertiary/aromatic N) is 1. The summed E-state index contributed by atoms with van der Waals surface area (Å²) in [5, 5.41) is 0. The van der Waals surface area contributed by atoms with Gasteiger partial charge in [-0.25, -0.2) is 8.42 Å². The number of hydrogen-bond donors (Lipinski definition) is 0. The lowest BCUT2D eigenvalue weighted by Crippen LogP contribution is -2.36. The molecule has 0 bridgehead atoms. The van der Waals surface area contributed by atoms with Crippen molar-refractivity contribution in [2.24, 2.45) is 0 Å². The van der Waals surface area contributed by atoms with E-state index < -0.39 is 10.0 Å². The zero-order valence-corrected chi connectivity index (χ0v) is 14.7. The number of rotatable bonds is 3. The van der Waals surface area contributed by atoms with Gasteiger partial charge in [0.25, 0.3) is 0 Å². The molecule has 3 nitrogen and oxygen atoms in total. The highest BCUT2D eigenvalue weighted by Gasteiger charge is 2.29. The lowest BCUT2D eigenvalue weighted by atomic mass is 10.0. The minimum Gasteiger partial charge on any atom is -0.207 e. The molecule has 0 saturated carbocycles. The van der Waals surface area contributed by atoms with E-state index in [2.05, 4.69) is 15.9 Å². The van der Waals surface area contributed by atoms with Gasteiger partial charge in [0.05, 0.1) is 4.90 Å². The molecule has 112 valence electrons. The predicted molar refractivity (Wildman–Crippen MR) is 85.6 cm³/mol. The third-order valence-electron chi connectivity index (χ3n) is 3.85. The number of sulfonamides is 1. The Hall–Kier alpha value is -0.390. The van der Waals surface area contributed by atoms with Crippen LogP contribution in [0.25, 0.3) is 0 Å². The predicted octanol–water partition coefficient (Wildman–Crippen LogP) is 4.06. The Balaban J connectivity index is 2.52. The first kappa shape index (κ1) is 16.0. The number of benzene rings is 1. The maximum Gasteiger partial charge on any atom is 0.243 e. The molecule has 5 heteroatoms. The zero-order chi connectivity index (χ0) is 14.9. The summed E-state index contributed by atoms with van der Waals surface area (Å²) in [4.78, 5) is 0.482. The number of piperidine rings is 1. The molecule has 0 amide bonds. The Kier molecular flexibility index (Phi) is 4.92. The maximum atomic E-state index is 12.9. The van der Waals surface area contributed by atoms with E-state index in [1.54, 1.807) is 4.31 Å². The summed E-state index contributed by atoms with van der Waals surface area (Å²) in [5.41, 5.74) is 1.86. The first-order valence-electron chi connectivity index (χ1n) is 7.14. The Morgan fingerprint density at radius 1 is 1.15 bits per heavy atom. The minimum atomic E-state index is -3.36. The highest BCUT2D eigenvalue weighted by atomic mass is 79.9. The van der Waals surface area contributed by atoms with Crippen molar-refractivity contribution in [3.05, 3.63) is 27.7 Å². The van der Waals surface area contributed by atoms with Crippen LogP contribution in [0.5, 0.6) is 0 Å². The molecule has 0 spiro atoms. The second-order valence-corrected chi connectivity index (χ2v) is 8.52. The zero-order valence-electron chi connectivity index (χ0n) is 12.3. The lowest BCUT2D eigenvalue weighted by molar-refractivity contribution is 0.346. The van der Waals surface area contributed by atoms with Crippen LogP contribution in [0, 0.1) is 6.92 Å². The number of halogens is 1. The van der Waals surface area contributed by atoms with Crippen LogP contribution in [0.3, 0.4) is 0 Å². The van der Waals surface area contributed by atoms with Crippen molar-refractivity contribution < 1.29 is 8.42 Å². The monoisotopic (exact) mass is 359 g/mol. The SMILES string of the molecule is Cc1cc(S(=O)(=O)N2CCCCC2)c(C(C)C)cc1Br. The molecule has 0 unspecified atom stereocenters. The first-order chi connectivity index (χ1) is 9.34. The van der Waals surface area contributed by atoms with Gasteiger partial charge in [-0.15, -0.1) is 0 Å². The molecule has 1 heterocycles. The third-order valence-corrected chi connectivity index (χ3v) is 6.65. The summed E-state index contributed by atoms with van der Waals surface area (Å²) in [6.07, 6.45) is 3.06. The Bertz CT molecular complexity index is 590. The van der Waals surface area contributed by atoms with Gasteiger partial charge in [0.2, 0.25) is 10.0 Å². The van der Waals surface area contributed by atoms with Crippen molar-refractivity contribution in [3.8, 4) is 0 Å². The molecule has 1 aliphatic heterocycles. The molecule has 1 aromatic carbocycles. The third kappa shape index (κ3) is 3.10. The fraction of sp³-hybridized carbons (Fsp3) is 0.600. The van der Waals surface area contributed by atoms with E-state index in [0.717, 1.165) is 34.9 Å². The van der Waals surface area contributed by atoms with Crippen LogP contribution in [0.4, 0.5) is 0 Å². The smallest absolute Gasteiger partial charge is 0.207 e. The Labute approximate surface area is 130 Å². The van der Waals surface area contributed by atoms with Gasteiger partial charge < -0.3 is 0 Å². The van der Waals surface area contributed by atoms with Crippen molar-refractivity contribution in [1.29, 1.82) is 0 Å². The molecule has 1 aliphatic rings. The molecule has 1 aromatic rings. The van der Waals surface area contributed by atoms with Gasteiger partial charge in [0.15, 0.2) is 0 Å². The quantitative estimate of drug-likeness (QED) is 0.815. The maximum absolute atomic E-state index is 12.9. The van der Waals surface area contributed by atoms with Crippen LogP contribution < -0.4 is 0 Å². The van der Waals surface area contributed by atoms with Crippen LogP contribution in [0.15, 0.2) is 21.5 Å². The van der Waals surface area contributed by atoms with Crippen molar-refractivity contribution in [3.63, 3.8) is 0 Å². The number of hydrogen-bond acceptors (Lipinski definition) is 2. The molecule has 0 N–H and O–H groups in total. The summed E-state index contributed by atoms with van der Waals surface area (Å²) < 4.78 is 28.4. The molecule has 0 atom stereocenters. The highest BCUT2D eigenvalue weighted by molar-refractivity contribution is 9.10. The molecule has 0 aliphatic carbocycles. The average Bonchev–Trinajstić information content (AvgIpc) is 2.42. The summed E-state index contributed by atoms with van der Waals surface area (Å²) in [6, 6.07) is 3.76. The lowest BCUT2D eigenvalue weighted by Gasteiger charge is -2.27. The van der Waals surface area contributed by atoms with Gasteiger partial charge in [0.1, 0.15) is 0 Å². The first-order valence-corrected chi connectivity index (χ1v) is 9.37. The molecule has 1 fully saturated rings. The van der Waals surface area contributed by atoms with Crippen molar-refractivity contribution in [1.82, 2.24) is 4.31 Å². The van der Waals surface area contributed by atoms with Gasteiger partial charge in [-0.3, -0.25) is 0 Å². The second kappa shape index (κ2) is 6.16. The standard InChI is InChI=1S/C15H22BrNO2S/c1-11(2)13-10-14(16)12(3)9-15(13)20(18,19)17-7-5-4-6-8-17/h9-11H,4-8H2,1-3H3. The van der Waals surface area contributed by atoms with E-state index in [4.69, 9.17) is 0 Å². The van der Waals surface area contributed by atoms with Gasteiger partial charge >= 0.3 is 0 Å². The van der Waals surface area contributed by atoms with Crippen molar-refractivity contribution in [2.45, 2.75) is 50.8 Å². The average molecular weight is 360 g/mol. The van der Waals surface area contributed by atoms with E-state index >= 15 is 0 Å². The molecular formula is C15H22BrNO2S. The van der Waals surface area contributed by atoms with E-state index in [1.165, 1.54) is 0 Å². The molecule has 1 saturated heterocycles. The fourth-order valence-corrected chi connectivity index (χ4v) is 4.89. The normalized spacial score (nSPS) is 17.6. The molecule has 0 aromatic heterocycles. The molecule has 2 rings (SSSR count). The Morgan fingerprint density at radius 2 is 1.75 bits per heavy atom. The summed E-state index contributed by atoms with van der Waals surface area (Å²) in [6.45, 7) is 7.30. The van der Waals surface area contributed by atoms with Gasteiger partial charge in [-0.2, -0.15) is 4.31 Å². The molecular weight excluding hydrogens is 338 g/mol. The second-order valence-electron chi connectivity index (χ2n) is 5.76. The van der Waals surface area contributed by atoms with Crippen LogP contribution >= 0.6 is 15.9 Å². The van der Waals surface area contributed by atoms with Gasteiger partial charge in [0, 0.05) is 17.6 Å². The summed E-state index contributed by atoms with van der Waals surface area (Å²) in [7, 11) is -3.36. The van der Waals surface area contributed by atoms with Crippen LogP contribution in [0.1, 0.15) is 50.2 Å². The summed E-state index contributed by atoms with van der Waals surface area (Å²) >= 11 is 3.50. The van der Waals surface area contributed by atoms with E-state index in [-0.39, 0.29) is 5.92 Å². The van der Waals surface area contributed by atoms with Crippen LogP contribution in [0.2, 0.25) is 0 Å². The number of aryl methyl sites for hydroxylation is 1. The van der Waals surface area contributed by atoms with E-state index in [0.29, 0.717) is 18.0 Å².